The number of amides is 1. The highest BCUT2D eigenvalue weighted by molar-refractivity contribution is 6.46. The van der Waals surface area contributed by atoms with Crippen molar-refractivity contribution in [2.75, 3.05) is 27.2 Å². The van der Waals surface area contributed by atoms with Crippen LogP contribution in [-0.4, -0.2) is 53.9 Å². The number of rotatable bonds is 5. The van der Waals surface area contributed by atoms with Crippen molar-refractivity contribution in [1.29, 1.82) is 0 Å². The molecule has 1 aromatic heterocycles. The number of aromatic nitrogens is 1. The van der Waals surface area contributed by atoms with Gasteiger partial charge < -0.3 is 14.9 Å². The van der Waals surface area contributed by atoms with E-state index in [4.69, 9.17) is 11.6 Å². The normalized spacial score (nSPS) is 19.1. The average Bonchev–Trinajstić information content (AvgIpc) is 2.91. The van der Waals surface area contributed by atoms with E-state index >= 15 is 0 Å². The number of hydrogen-bond donors (Lipinski definition) is 2. The predicted molar refractivity (Wildman–Crippen MR) is 102 cm³/mol. The van der Waals surface area contributed by atoms with E-state index in [9.17, 15) is 14.7 Å². The van der Waals surface area contributed by atoms with Gasteiger partial charge in [0.15, 0.2) is 0 Å². The SMILES string of the molecule is C[NH+](C)CCN1C(=O)C(=O)C(=C(O)c2ccc(Cl)cc2)[C@H]1c1ccccn1. The minimum Gasteiger partial charge on any atom is -0.507 e. The van der Waals surface area contributed by atoms with Gasteiger partial charge in [0, 0.05) is 16.8 Å². The lowest BCUT2D eigenvalue weighted by molar-refractivity contribution is -0.857. The topological polar surface area (TPSA) is 74.9 Å². The van der Waals surface area contributed by atoms with Crippen molar-refractivity contribution in [3.8, 4) is 0 Å². The molecule has 2 N–H and O–H groups in total. The van der Waals surface area contributed by atoms with Gasteiger partial charge in [0.25, 0.3) is 11.7 Å². The highest BCUT2D eigenvalue weighted by atomic mass is 35.5. The Hall–Kier alpha value is -2.70. The van der Waals surface area contributed by atoms with E-state index in [0.29, 0.717) is 29.4 Å². The number of halogens is 1. The number of benzene rings is 1. The highest BCUT2D eigenvalue weighted by Crippen LogP contribution is 2.38. The summed E-state index contributed by atoms with van der Waals surface area (Å²) in [6, 6.07) is 11.1. The first-order chi connectivity index (χ1) is 12.9. The van der Waals surface area contributed by atoms with Crippen molar-refractivity contribution < 1.29 is 19.6 Å². The molecule has 3 rings (SSSR count). The molecule has 1 aromatic carbocycles. The lowest BCUT2D eigenvalue weighted by Gasteiger charge is -2.24. The molecule has 0 unspecified atom stereocenters. The predicted octanol–water partition coefficient (Wildman–Crippen LogP) is 1.30. The Balaban J connectivity index is 2.12. The van der Waals surface area contributed by atoms with E-state index in [0.717, 1.165) is 4.90 Å². The van der Waals surface area contributed by atoms with E-state index in [1.165, 1.54) is 4.90 Å². The molecule has 0 bridgehead atoms. The van der Waals surface area contributed by atoms with Gasteiger partial charge in [-0.25, -0.2) is 0 Å². The first-order valence-corrected chi connectivity index (χ1v) is 9.02. The summed E-state index contributed by atoms with van der Waals surface area (Å²) >= 11 is 5.91. The second-order valence-corrected chi connectivity index (χ2v) is 7.15. The van der Waals surface area contributed by atoms with E-state index < -0.39 is 17.7 Å². The van der Waals surface area contributed by atoms with Crippen LogP contribution in [0.4, 0.5) is 0 Å². The molecule has 2 aromatic rings. The zero-order chi connectivity index (χ0) is 19.6. The van der Waals surface area contributed by atoms with Crippen LogP contribution in [0.2, 0.25) is 5.02 Å². The molecule has 1 fully saturated rings. The number of nitrogens with one attached hydrogen (secondary N) is 1. The lowest BCUT2D eigenvalue weighted by atomic mass is 9.98. The third kappa shape index (κ3) is 3.86. The molecule has 1 atom stereocenters. The smallest absolute Gasteiger partial charge is 0.295 e. The van der Waals surface area contributed by atoms with Crippen molar-refractivity contribution in [3.05, 3.63) is 70.5 Å². The van der Waals surface area contributed by atoms with Crippen LogP contribution in [0.25, 0.3) is 5.76 Å². The molecule has 0 saturated carbocycles. The van der Waals surface area contributed by atoms with Crippen molar-refractivity contribution in [1.82, 2.24) is 9.88 Å². The van der Waals surface area contributed by atoms with Crippen LogP contribution in [0, 0.1) is 0 Å². The Morgan fingerprint density at radius 3 is 2.48 bits per heavy atom. The molecule has 27 heavy (non-hydrogen) atoms. The van der Waals surface area contributed by atoms with Gasteiger partial charge in [0.2, 0.25) is 0 Å². The number of pyridine rings is 1. The third-order valence-electron chi connectivity index (χ3n) is 4.48. The van der Waals surface area contributed by atoms with Crippen LogP contribution in [0.1, 0.15) is 17.3 Å². The van der Waals surface area contributed by atoms with Crippen LogP contribution in [0.15, 0.2) is 54.2 Å². The number of aliphatic hydroxyl groups excluding tert-OH is 1. The fourth-order valence-corrected chi connectivity index (χ4v) is 3.19. The van der Waals surface area contributed by atoms with Gasteiger partial charge >= 0.3 is 0 Å². The fourth-order valence-electron chi connectivity index (χ4n) is 3.06. The number of ketones is 1. The number of nitrogens with zero attached hydrogens (tertiary/aromatic N) is 2. The Morgan fingerprint density at radius 1 is 1.19 bits per heavy atom. The Kier molecular flexibility index (Phi) is 5.58. The number of quaternary nitrogens is 1. The largest absolute Gasteiger partial charge is 0.507 e. The van der Waals surface area contributed by atoms with Gasteiger partial charge in [-0.15, -0.1) is 0 Å². The fraction of sp³-hybridized carbons (Fsp3) is 0.250. The van der Waals surface area contributed by atoms with Gasteiger partial charge in [0.1, 0.15) is 11.8 Å². The molecule has 2 heterocycles. The molecule has 1 saturated heterocycles. The summed E-state index contributed by atoms with van der Waals surface area (Å²) in [6.45, 7) is 1.04. The minimum atomic E-state index is -0.721. The van der Waals surface area contributed by atoms with Gasteiger partial charge in [-0.2, -0.15) is 0 Å². The van der Waals surface area contributed by atoms with Gasteiger partial charge in [-0.05, 0) is 36.4 Å². The van der Waals surface area contributed by atoms with E-state index in [1.54, 1.807) is 48.7 Å². The first kappa shape index (κ1) is 19.1. The number of carbonyl (C=O) groups is 2. The summed E-state index contributed by atoms with van der Waals surface area (Å²) in [4.78, 5) is 32.4. The summed E-state index contributed by atoms with van der Waals surface area (Å²) in [7, 11) is 3.94. The van der Waals surface area contributed by atoms with Crippen molar-refractivity contribution >= 4 is 29.1 Å². The van der Waals surface area contributed by atoms with Crippen LogP contribution in [0.5, 0.6) is 0 Å². The molecule has 1 amide bonds. The lowest BCUT2D eigenvalue weighted by Crippen LogP contribution is -3.06. The van der Waals surface area contributed by atoms with Crippen LogP contribution < -0.4 is 4.90 Å². The zero-order valence-corrected chi connectivity index (χ0v) is 15.9. The number of Topliss-reactive ketones (excluding diaryl/α,β-unsaturated/α-hetero) is 1. The second kappa shape index (κ2) is 7.90. The van der Waals surface area contributed by atoms with Gasteiger partial charge in [-0.3, -0.25) is 14.6 Å². The summed E-state index contributed by atoms with van der Waals surface area (Å²) in [5.74, 6) is -1.55. The molecule has 0 spiro atoms. The summed E-state index contributed by atoms with van der Waals surface area (Å²) in [5.41, 5.74) is 1.02. The maximum absolute atomic E-state index is 12.8. The quantitative estimate of drug-likeness (QED) is 0.461. The third-order valence-corrected chi connectivity index (χ3v) is 4.73. The molecule has 6 nitrogen and oxygen atoms in total. The summed E-state index contributed by atoms with van der Waals surface area (Å²) in [5, 5.41) is 11.3. The molecule has 1 aliphatic heterocycles. The maximum atomic E-state index is 12.8. The molecular formula is C20H21ClN3O3+. The first-order valence-electron chi connectivity index (χ1n) is 8.64. The molecule has 0 aliphatic carbocycles. The van der Waals surface area contributed by atoms with Gasteiger partial charge in [-0.1, -0.05) is 17.7 Å². The van der Waals surface area contributed by atoms with Crippen molar-refractivity contribution in [2.24, 2.45) is 0 Å². The minimum absolute atomic E-state index is 0.0507. The Bertz CT molecular complexity index is 879. The molecule has 7 heteroatoms. The van der Waals surface area contributed by atoms with E-state index in [-0.39, 0.29) is 11.3 Å². The number of aliphatic hydroxyl groups is 1. The van der Waals surface area contributed by atoms with Crippen LogP contribution >= 0.6 is 11.6 Å². The molecule has 0 radical (unpaired) electrons. The molecule has 1 aliphatic rings. The van der Waals surface area contributed by atoms with E-state index in [1.807, 2.05) is 14.1 Å². The van der Waals surface area contributed by atoms with Crippen LogP contribution in [-0.2, 0) is 9.59 Å². The summed E-state index contributed by atoms with van der Waals surface area (Å²) < 4.78 is 0. The van der Waals surface area contributed by atoms with Crippen LogP contribution in [0.3, 0.4) is 0 Å². The number of likely N-dealkylation sites (tertiary alicyclic amines) is 1. The van der Waals surface area contributed by atoms with Gasteiger partial charge in [0.05, 0.1) is 38.5 Å². The Morgan fingerprint density at radius 2 is 1.89 bits per heavy atom. The maximum Gasteiger partial charge on any atom is 0.295 e. The van der Waals surface area contributed by atoms with E-state index in [2.05, 4.69) is 4.98 Å². The highest BCUT2D eigenvalue weighted by Gasteiger charge is 2.46. The molecule has 140 valence electrons. The number of likely N-dealkylation sites (N-methyl/N-ethyl adjacent to an activating group) is 1. The zero-order valence-electron chi connectivity index (χ0n) is 15.1. The summed E-state index contributed by atoms with van der Waals surface area (Å²) in [6.07, 6.45) is 1.61. The second-order valence-electron chi connectivity index (χ2n) is 6.71. The number of hydrogen-bond acceptors (Lipinski definition) is 4. The standard InChI is InChI=1S/C20H20ClN3O3/c1-23(2)11-12-24-17(15-5-3-4-10-22-15)16(19(26)20(24)27)18(25)13-6-8-14(21)9-7-13/h3-10,17,25H,11-12H2,1-2H3/p+1/t17-/m1/s1. The van der Waals surface area contributed by atoms with Crippen molar-refractivity contribution in [2.45, 2.75) is 6.04 Å². The average molecular weight is 387 g/mol. The monoisotopic (exact) mass is 386 g/mol. The Labute approximate surface area is 162 Å². The van der Waals surface area contributed by atoms with Crippen molar-refractivity contribution in [3.63, 3.8) is 0 Å². The number of carbonyl (C=O) groups excluding carboxylic acids is 2. The molecular weight excluding hydrogens is 366 g/mol.